The Labute approximate surface area is 167 Å². The summed E-state index contributed by atoms with van der Waals surface area (Å²) in [5.74, 6) is 0.374. The van der Waals surface area contributed by atoms with Gasteiger partial charge in [-0.15, -0.1) is 0 Å². The SMILES string of the molecule is Cc1ccc(CCC(=O)NCCOC(=O)CCOc2cc(C)cc(C)c2)cc1. The van der Waals surface area contributed by atoms with Gasteiger partial charge in [0.15, 0.2) is 0 Å². The van der Waals surface area contributed by atoms with Gasteiger partial charge in [0.25, 0.3) is 0 Å². The Morgan fingerprint density at radius 1 is 0.857 bits per heavy atom. The summed E-state index contributed by atoms with van der Waals surface area (Å²) in [6.45, 7) is 6.79. The van der Waals surface area contributed by atoms with Crippen molar-refractivity contribution in [2.75, 3.05) is 19.8 Å². The Hall–Kier alpha value is -2.82. The van der Waals surface area contributed by atoms with Crippen LogP contribution in [-0.2, 0) is 20.7 Å². The average molecular weight is 383 g/mol. The maximum absolute atomic E-state index is 11.8. The van der Waals surface area contributed by atoms with Gasteiger partial charge < -0.3 is 14.8 Å². The van der Waals surface area contributed by atoms with E-state index in [4.69, 9.17) is 9.47 Å². The number of hydrogen-bond donors (Lipinski definition) is 1. The van der Waals surface area contributed by atoms with Crippen LogP contribution in [0, 0.1) is 20.8 Å². The third-order valence-electron chi connectivity index (χ3n) is 4.22. The molecule has 2 aromatic rings. The predicted octanol–water partition coefficient (Wildman–Crippen LogP) is 3.67. The molecule has 0 aliphatic carbocycles. The maximum atomic E-state index is 11.8. The Morgan fingerprint density at radius 2 is 1.54 bits per heavy atom. The van der Waals surface area contributed by atoms with Gasteiger partial charge in [-0.1, -0.05) is 35.9 Å². The quantitative estimate of drug-likeness (QED) is 0.502. The van der Waals surface area contributed by atoms with Crippen LogP contribution < -0.4 is 10.1 Å². The Balaban J connectivity index is 1.54. The van der Waals surface area contributed by atoms with Crippen molar-refractivity contribution in [2.24, 2.45) is 0 Å². The Morgan fingerprint density at radius 3 is 2.21 bits per heavy atom. The maximum Gasteiger partial charge on any atom is 0.309 e. The van der Waals surface area contributed by atoms with E-state index in [1.807, 2.05) is 57.2 Å². The van der Waals surface area contributed by atoms with Crippen molar-refractivity contribution in [3.8, 4) is 5.75 Å². The molecule has 150 valence electrons. The van der Waals surface area contributed by atoms with Crippen LogP contribution in [0.1, 0.15) is 35.1 Å². The van der Waals surface area contributed by atoms with E-state index in [-0.39, 0.29) is 31.5 Å². The molecule has 0 saturated heterocycles. The fraction of sp³-hybridized carbons (Fsp3) is 0.391. The van der Waals surface area contributed by atoms with E-state index in [0.29, 0.717) is 19.4 Å². The molecule has 0 unspecified atom stereocenters. The van der Waals surface area contributed by atoms with Crippen molar-refractivity contribution in [1.82, 2.24) is 5.32 Å². The lowest BCUT2D eigenvalue weighted by Crippen LogP contribution is -2.28. The molecule has 0 radical (unpaired) electrons. The van der Waals surface area contributed by atoms with Gasteiger partial charge in [0.05, 0.1) is 19.6 Å². The third kappa shape index (κ3) is 8.25. The van der Waals surface area contributed by atoms with Gasteiger partial charge >= 0.3 is 5.97 Å². The van der Waals surface area contributed by atoms with E-state index in [2.05, 4.69) is 11.4 Å². The Kier molecular flexibility index (Phi) is 8.53. The summed E-state index contributed by atoms with van der Waals surface area (Å²) in [4.78, 5) is 23.6. The first-order chi connectivity index (χ1) is 13.4. The van der Waals surface area contributed by atoms with Crippen LogP contribution in [0.15, 0.2) is 42.5 Å². The summed E-state index contributed by atoms with van der Waals surface area (Å²) in [6, 6.07) is 14.1. The molecule has 0 spiro atoms. The van der Waals surface area contributed by atoms with Crippen molar-refractivity contribution in [1.29, 1.82) is 0 Å². The van der Waals surface area contributed by atoms with Crippen LogP contribution in [0.4, 0.5) is 0 Å². The van der Waals surface area contributed by atoms with E-state index in [9.17, 15) is 9.59 Å². The van der Waals surface area contributed by atoms with E-state index in [0.717, 1.165) is 22.4 Å². The van der Waals surface area contributed by atoms with Gasteiger partial charge in [-0.25, -0.2) is 0 Å². The normalized spacial score (nSPS) is 10.4. The summed E-state index contributed by atoms with van der Waals surface area (Å²) in [5.41, 5.74) is 4.58. The number of ether oxygens (including phenoxy) is 2. The third-order valence-corrected chi connectivity index (χ3v) is 4.22. The summed E-state index contributed by atoms with van der Waals surface area (Å²) in [5, 5.41) is 2.77. The molecule has 5 nitrogen and oxygen atoms in total. The lowest BCUT2D eigenvalue weighted by molar-refractivity contribution is -0.144. The second-order valence-corrected chi connectivity index (χ2v) is 6.98. The van der Waals surface area contributed by atoms with Gasteiger partial charge in [-0.3, -0.25) is 9.59 Å². The van der Waals surface area contributed by atoms with Crippen LogP contribution in [0.3, 0.4) is 0 Å². The summed E-state index contributed by atoms with van der Waals surface area (Å²) in [7, 11) is 0. The first-order valence-electron chi connectivity index (χ1n) is 9.61. The monoisotopic (exact) mass is 383 g/mol. The molecule has 0 atom stereocenters. The molecule has 0 fully saturated rings. The number of amides is 1. The van der Waals surface area contributed by atoms with Gasteiger partial charge in [0, 0.05) is 6.42 Å². The van der Waals surface area contributed by atoms with Crippen molar-refractivity contribution in [3.05, 3.63) is 64.7 Å². The van der Waals surface area contributed by atoms with E-state index < -0.39 is 0 Å². The zero-order chi connectivity index (χ0) is 20.4. The molecule has 0 bridgehead atoms. The molecule has 0 saturated carbocycles. The van der Waals surface area contributed by atoms with Gasteiger partial charge in [0.1, 0.15) is 12.4 Å². The molecule has 28 heavy (non-hydrogen) atoms. The molecule has 0 heterocycles. The second-order valence-electron chi connectivity index (χ2n) is 6.98. The number of aryl methyl sites for hydroxylation is 4. The Bertz CT molecular complexity index is 763. The van der Waals surface area contributed by atoms with E-state index in [1.165, 1.54) is 5.56 Å². The molecule has 0 aliphatic rings. The standard InChI is InChI=1S/C23H29NO4/c1-17-4-6-20(7-5-17)8-9-22(25)24-11-13-28-23(26)10-12-27-21-15-18(2)14-19(3)16-21/h4-7,14-16H,8-13H2,1-3H3,(H,24,25). The number of hydrogen-bond acceptors (Lipinski definition) is 4. The lowest BCUT2D eigenvalue weighted by atomic mass is 10.1. The first kappa shape index (κ1) is 21.5. The highest BCUT2D eigenvalue weighted by molar-refractivity contribution is 5.76. The summed E-state index contributed by atoms with van der Waals surface area (Å²) in [6.07, 6.45) is 1.29. The van der Waals surface area contributed by atoms with Gasteiger partial charge in [-0.2, -0.15) is 0 Å². The zero-order valence-electron chi connectivity index (χ0n) is 16.9. The van der Waals surface area contributed by atoms with Crippen LogP contribution in [0.2, 0.25) is 0 Å². The highest BCUT2D eigenvalue weighted by Crippen LogP contribution is 2.16. The minimum atomic E-state index is -0.335. The van der Waals surface area contributed by atoms with Crippen molar-refractivity contribution in [2.45, 2.75) is 40.0 Å². The van der Waals surface area contributed by atoms with Gasteiger partial charge in [0.2, 0.25) is 5.91 Å². The minimum absolute atomic E-state index is 0.0465. The van der Waals surface area contributed by atoms with Crippen LogP contribution in [-0.4, -0.2) is 31.6 Å². The number of nitrogens with one attached hydrogen (secondary N) is 1. The highest BCUT2D eigenvalue weighted by atomic mass is 16.5. The van der Waals surface area contributed by atoms with Crippen molar-refractivity contribution < 1.29 is 19.1 Å². The van der Waals surface area contributed by atoms with Crippen LogP contribution >= 0.6 is 0 Å². The van der Waals surface area contributed by atoms with Crippen LogP contribution in [0.5, 0.6) is 5.75 Å². The van der Waals surface area contributed by atoms with Crippen LogP contribution in [0.25, 0.3) is 0 Å². The highest BCUT2D eigenvalue weighted by Gasteiger charge is 2.06. The first-order valence-corrected chi connectivity index (χ1v) is 9.61. The molecule has 1 N–H and O–H groups in total. The molecular formula is C23H29NO4. The fourth-order valence-electron chi connectivity index (χ4n) is 2.80. The molecule has 2 aromatic carbocycles. The average Bonchev–Trinajstić information content (AvgIpc) is 2.64. The smallest absolute Gasteiger partial charge is 0.309 e. The second kappa shape index (κ2) is 11.1. The largest absolute Gasteiger partial charge is 0.493 e. The topological polar surface area (TPSA) is 64.6 Å². The number of benzene rings is 2. The number of esters is 1. The van der Waals surface area contributed by atoms with Crippen molar-refractivity contribution in [3.63, 3.8) is 0 Å². The van der Waals surface area contributed by atoms with E-state index >= 15 is 0 Å². The molecule has 2 rings (SSSR count). The van der Waals surface area contributed by atoms with E-state index in [1.54, 1.807) is 0 Å². The van der Waals surface area contributed by atoms with Gasteiger partial charge in [-0.05, 0) is 56.0 Å². The summed E-state index contributed by atoms with van der Waals surface area (Å²) >= 11 is 0. The van der Waals surface area contributed by atoms with Crippen molar-refractivity contribution >= 4 is 11.9 Å². The fourth-order valence-corrected chi connectivity index (χ4v) is 2.80. The molecule has 1 amide bonds. The lowest BCUT2D eigenvalue weighted by Gasteiger charge is -2.09. The minimum Gasteiger partial charge on any atom is -0.493 e. The number of rotatable bonds is 10. The summed E-state index contributed by atoms with van der Waals surface area (Å²) < 4.78 is 10.7. The predicted molar refractivity (Wildman–Crippen MR) is 109 cm³/mol. The molecule has 5 heteroatoms. The zero-order valence-corrected chi connectivity index (χ0v) is 16.9. The molecular weight excluding hydrogens is 354 g/mol. The molecule has 0 aromatic heterocycles. The number of carbonyl (C=O) groups is 2. The molecule has 0 aliphatic heterocycles. The number of carbonyl (C=O) groups excluding carboxylic acids is 2.